The number of aromatic hydroxyl groups is 2. The molecule has 0 aliphatic rings. The van der Waals surface area contributed by atoms with E-state index in [-0.39, 0.29) is 11.5 Å². The molecule has 3 aromatic rings. The van der Waals surface area contributed by atoms with Crippen molar-refractivity contribution in [1.29, 1.82) is 0 Å². The van der Waals surface area contributed by atoms with Crippen molar-refractivity contribution in [3.8, 4) is 28.6 Å². The van der Waals surface area contributed by atoms with E-state index in [0.29, 0.717) is 45.3 Å². The maximum atomic E-state index is 10.4. The lowest BCUT2D eigenvalue weighted by molar-refractivity contribution is 0.315. The Morgan fingerprint density at radius 3 is 2.67 bits per heavy atom. The van der Waals surface area contributed by atoms with Gasteiger partial charge in [-0.1, -0.05) is 22.9 Å². The van der Waals surface area contributed by atoms with Crippen molar-refractivity contribution >= 4 is 43.9 Å². The maximum Gasteiger partial charge on any atom is 0.165 e. The van der Waals surface area contributed by atoms with Gasteiger partial charge in [-0.3, -0.25) is 5.43 Å². The van der Waals surface area contributed by atoms with Crippen LogP contribution in [0, 0.1) is 6.92 Å². The van der Waals surface area contributed by atoms with E-state index in [1.165, 1.54) is 6.21 Å². The number of aryl methyl sites for hydroxylation is 1. The first-order valence-corrected chi connectivity index (χ1v) is 10.7. The molecule has 1 aromatic heterocycles. The van der Waals surface area contributed by atoms with Crippen molar-refractivity contribution in [3.05, 3.63) is 56.6 Å². The Morgan fingerprint density at radius 2 is 1.93 bits per heavy atom. The number of hydrazone groups is 1. The highest BCUT2D eigenvalue weighted by Crippen LogP contribution is 2.37. The molecule has 2 aromatic carbocycles. The predicted molar refractivity (Wildman–Crippen MR) is 124 cm³/mol. The third-order valence-corrected chi connectivity index (χ3v) is 5.04. The predicted octanol–water partition coefficient (Wildman–Crippen LogP) is 5.62. The number of hydrogen-bond donors (Lipinski definition) is 3. The fourth-order valence-electron chi connectivity index (χ4n) is 2.59. The Bertz CT molecular complexity index is 1090. The number of aromatic nitrogens is 2. The van der Waals surface area contributed by atoms with Crippen LogP contribution in [0.25, 0.3) is 11.4 Å². The zero-order valence-corrected chi connectivity index (χ0v) is 19.5. The molecule has 0 bridgehead atoms. The summed E-state index contributed by atoms with van der Waals surface area (Å²) in [7, 11) is 0. The van der Waals surface area contributed by atoms with Crippen LogP contribution in [0.3, 0.4) is 0 Å². The van der Waals surface area contributed by atoms with E-state index >= 15 is 0 Å². The highest BCUT2D eigenvalue weighted by molar-refractivity contribution is 9.11. The van der Waals surface area contributed by atoms with Gasteiger partial charge in [0, 0.05) is 27.9 Å². The van der Waals surface area contributed by atoms with E-state index in [4.69, 9.17) is 4.74 Å². The van der Waals surface area contributed by atoms with Gasteiger partial charge in [0.05, 0.1) is 22.9 Å². The van der Waals surface area contributed by atoms with Crippen LogP contribution in [0.1, 0.15) is 24.6 Å². The molecule has 0 aliphatic heterocycles. The summed E-state index contributed by atoms with van der Waals surface area (Å²) >= 11 is 6.72. The van der Waals surface area contributed by atoms with Crippen molar-refractivity contribution in [3.63, 3.8) is 0 Å². The molecule has 156 valence electrons. The lowest BCUT2D eigenvalue weighted by Gasteiger charge is -2.09. The zero-order valence-electron chi connectivity index (χ0n) is 16.4. The van der Waals surface area contributed by atoms with Crippen LogP contribution < -0.4 is 10.2 Å². The Labute approximate surface area is 191 Å². The second-order valence-corrected chi connectivity index (χ2v) is 8.21. The van der Waals surface area contributed by atoms with Gasteiger partial charge in [0.15, 0.2) is 11.6 Å². The number of benzene rings is 2. The van der Waals surface area contributed by atoms with Crippen LogP contribution in [0.4, 0.5) is 5.82 Å². The quantitative estimate of drug-likeness (QED) is 0.268. The van der Waals surface area contributed by atoms with Gasteiger partial charge < -0.3 is 14.9 Å². The van der Waals surface area contributed by atoms with Gasteiger partial charge in [-0.05, 0) is 53.5 Å². The third-order valence-electron chi connectivity index (χ3n) is 3.98. The van der Waals surface area contributed by atoms with Gasteiger partial charge in [-0.15, -0.1) is 0 Å². The number of hydrogen-bond acceptors (Lipinski definition) is 7. The first-order chi connectivity index (χ1) is 14.4. The van der Waals surface area contributed by atoms with E-state index in [1.807, 2.05) is 13.8 Å². The van der Waals surface area contributed by atoms with Gasteiger partial charge in [0.1, 0.15) is 17.2 Å². The second-order valence-electron chi connectivity index (χ2n) is 6.44. The van der Waals surface area contributed by atoms with E-state index in [2.05, 4.69) is 52.4 Å². The van der Waals surface area contributed by atoms with Crippen molar-refractivity contribution in [1.82, 2.24) is 9.97 Å². The normalized spacial score (nSPS) is 11.1. The summed E-state index contributed by atoms with van der Waals surface area (Å²) in [6, 6.07) is 10.3. The average Bonchev–Trinajstić information content (AvgIpc) is 2.70. The molecule has 0 fully saturated rings. The van der Waals surface area contributed by atoms with Crippen molar-refractivity contribution in [2.75, 3.05) is 12.0 Å². The van der Waals surface area contributed by atoms with Crippen LogP contribution >= 0.6 is 31.9 Å². The largest absolute Gasteiger partial charge is 0.507 e. The van der Waals surface area contributed by atoms with Gasteiger partial charge in [-0.25, -0.2) is 9.97 Å². The monoisotopic (exact) mass is 534 g/mol. The first kappa shape index (κ1) is 22.0. The molecule has 3 rings (SSSR count). The van der Waals surface area contributed by atoms with Crippen molar-refractivity contribution in [2.45, 2.75) is 20.3 Å². The molecule has 0 unspecified atom stereocenters. The summed E-state index contributed by atoms with van der Waals surface area (Å²) < 4.78 is 6.81. The second kappa shape index (κ2) is 9.90. The molecule has 1 heterocycles. The molecule has 0 spiro atoms. The fourth-order valence-corrected chi connectivity index (χ4v) is 3.82. The number of phenolic OH excluding ortho intramolecular Hbond substituents is 2. The summed E-state index contributed by atoms with van der Waals surface area (Å²) in [4.78, 5) is 8.83. The Balaban J connectivity index is 1.80. The Morgan fingerprint density at radius 1 is 1.13 bits per heavy atom. The summed E-state index contributed by atoms with van der Waals surface area (Å²) in [6.45, 7) is 4.43. The zero-order chi connectivity index (χ0) is 21.7. The summed E-state index contributed by atoms with van der Waals surface area (Å²) in [5.41, 5.74) is 4.55. The van der Waals surface area contributed by atoms with Crippen molar-refractivity contribution < 1.29 is 14.9 Å². The van der Waals surface area contributed by atoms with Crippen LogP contribution in [-0.4, -0.2) is 33.0 Å². The van der Waals surface area contributed by atoms with Gasteiger partial charge in [0.2, 0.25) is 0 Å². The average molecular weight is 536 g/mol. The molecule has 0 saturated heterocycles. The van der Waals surface area contributed by atoms with E-state index < -0.39 is 0 Å². The number of halogens is 2. The molecular formula is C21H20Br2N4O3. The Kier molecular flexibility index (Phi) is 7.28. The van der Waals surface area contributed by atoms with E-state index in [1.54, 1.807) is 36.4 Å². The SMILES string of the molecule is CCCOc1ccc(C=NNc2cc(C)nc(-c3cc(Br)cc(Br)c3O)n2)c(O)c1. The van der Waals surface area contributed by atoms with Gasteiger partial charge in [-0.2, -0.15) is 5.10 Å². The standard InChI is InChI=1S/C21H20Br2N4O3/c1-3-6-30-15-5-4-13(18(28)10-15)11-24-27-19-7-12(2)25-21(26-19)16-8-14(22)9-17(23)20(16)29/h4-5,7-11,28-29H,3,6H2,1-2H3,(H,25,26,27). The summed E-state index contributed by atoms with van der Waals surface area (Å²) in [5, 5.41) is 24.6. The molecular weight excluding hydrogens is 516 g/mol. The molecule has 0 amide bonds. The van der Waals surface area contributed by atoms with Crippen LogP contribution in [0.15, 0.2) is 50.4 Å². The molecule has 0 saturated carbocycles. The number of rotatable bonds is 7. The molecule has 0 aliphatic carbocycles. The smallest absolute Gasteiger partial charge is 0.165 e. The summed E-state index contributed by atoms with van der Waals surface area (Å²) in [6.07, 6.45) is 2.38. The number of nitrogens with one attached hydrogen (secondary N) is 1. The van der Waals surface area contributed by atoms with Gasteiger partial charge in [0.25, 0.3) is 0 Å². The highest BCUT2D eigenvalue weighted by Gasteiger charge is 2.13. The van der Waals surface area contributed by atoms with Crippen LogP contribution in [0.5, 0.6) is 17.2 Å². The minimum atomic E-state index is 0.0496. The lowest BCUT2D eigenvalue weighted by atomic mass is 10.2. The highest BCUT2D eigenvalue weighted by atomic mass is 79.9. The minimum Gasteiger partial charge on any atom is -0.507 e. The number of anilines is 1. The lowest BCUT2D eigenvalue weighted by Crippen LogP contribution is -2.00. The topological polar surface area (TPSA) is 99.9 Å². The van der Waals surface area contributed by atoms with Crippen molar-refractivity contribution in [2.24, 2.45) is 5.10 Å². The molecule has 0 atom stereocenters. The van der Waals surface area contributed by atoms with Crippen LogP contribution in [-0.2, 0) is 0 Å². The molecule has 3 N–H and O–H groups in total. The van der Waals surface area contributed by atoms with E-state index in [9.17, 15) is 10.2 Å². The third kappa shape index (κ3) is 5.48. The molecule has 7 nitrogen and oxygen atoms in total. The Hall–Kier alpha value is -2.65. The number of phenols is 2. The summed E-state index contributed by atoms with van der Waals surface area (Å²) in [5.74, 6) is 1.53. The van der Waals surface area contributed by atoms with E-state index in [0.717, 1.165) is 10.9 Å². The van der Waals surface area contributed by atoms with Crippen LogP contribution in [0.2, 0.25) is 0 Å². The molecule has 0 radical (unpaired) electrons. The number of nitrogens with zero attached hydrogens (tertiary/aromatic N) is 3. The molecule has 9 heteroatoms. The maximum absolute atomic E-state index is 10.4. The van der Waals surface area contributed by atoms with Gasteiger partial charge >= 0.3 is 0 Å². The first-order valence-electron chi connectivity index (χ1n) is 9.16. The fraction of sp³-hybridized carbons (Fsp3) is 0.190. The molecule has 30 heavy (non-hydrogen) atoms. The number of ether oxygens (including phenoxy) is 1. The minimum absolute atomic E-state index is 0.0496.